The second-order valence-electron chi connectivity index (χ2n) is 4.41. The molecule has 0 saturated carbocycles. The number of nitrogens with one attached hydrogen (secondary N) is 1. The Morgan fingerprint density at radius 1 is 1.45 bits per heavy atom. The van der Waals surface area contributed by atoms with Crippen LogP contribution in [0.15, 0.2) is 11.6 Å². The monoisotopic (exact) mass is 292 g/mol. The van der Waals surface area contributed by atoms with Crippen molar-refractivity contribution in [3.63, 3.8) is 0 Å². The minimum Gasteiger partial charge on any atom is -0.478 e. The summed E-state index contributed by atoms with van der Waals surface area (Å²) in [6.07, 6.45) is 2.51. The van der Waals surface area contributed by atoms with Crippen molar-refractivity contribution in [2.45, 2.75) is 33.2 Å². The second kappa shape index (κ2) is 5.96. The number of aryl methyl sites for hydroxylation is 1. The number of aromatic nitrogens is 3. The van der Waals surface area contributed by atoms with Gasteiger partial charge in [0.05, 0.1) is 11.7 Å². The maximum absolute atomic E-state index is 11.4. The van der Waals surface area contributed by atoms with Crippen LogP contribution >= 0.6 is 11.3 Å². The molecule has 7 heteroatoms. The highest BCUT2D eigenvalue weighted by molar-refractivity contribution is 7.09. The van der Waals surface area contributed by atoms with E-state index >= 15 is 0 Å². The molecule has 2 aromatic heterocycles. The van der Waals surface area contributed by atoms with Gasteiger partial charge in [-0.3, -0.25) is 0 Å². The maximum atomic E-state index is 11.4. The van der Waals surface area contributed by atoms with Crippen LogP contribution in [-0.2, 0) is 0 Å². The summed E-state index contributed by atoms with van der Waals surface area (Å²) in [5, 5.41) is 23.3. The summed E-state index contributed by atoms with van der Waals surface area (Å²) in [6, 6.07) is -0.0653. The van der Waals surface area contributed by atoms with Crippen molar-refractivity contribution >= 4 is 23.1 Å². The van der Waals surface area contributed by atoms with Crippen LogP contribution in [0.5, 0.6) is 0 Å². The van der Waals surface area contributed by atoms with Crippen molar-refractivity contribution in [1.82, 2.24) is 15.2 Å². The Hall–Kier alpha value is -2.02. The van der Waals surface area contributed by atoms with Crippen LogP contribution in [0.1, 0.15) is 46.0 Å². The van der Waals surface area contributed by atoms with Gasteiger partial charge in [-0.05, 0) is 25.8 Å². The van der Waals surface area contributed by atoms with Crippen LogP contribution < -0.4 is 5.32 Å². The third-order valence-electron chi connectivity index (χ3n) is 3.14. The number of hydrogen-bond donors (Lipinski definition) is 2. The van der Waals surface area contributed by atoms with Crippen LogP contribution in [0.3, 0.4) is 0 Å². The first-order valence-corrected chi connectivity index (χ1v) is 7.15. The normalized spacial score (nSPS) is 12.2. The van der Waals surface area contributed by atoms with Gasteiger partial charge in [-0.1, -0.05) is 6.92 Å². The Balaban J connectivity index is 2.38. The smallest absolute Gasteiger partial charge is 0.339 e. The molecule has 0 aromatic carbocycles. The van der Waals surface area contributed by atoms with Gasteiger partial charge in [0.25, 0.3) is 0 Å². The molecule has 1 atom stereocenters. The second-order valence-corrected chi connectivity index (χ2v) is 5.34. The number of rotatable bonds is 5. The molecule has 0 radical (unpaired) electrons. The van der Waals surface area contributed by atoms with E-state index < -0.39 is 5.97 Å². The molecule has 106 valence electrons. The molecule has 6 nitrogen and oxygen atoms in total. The Labute approximate surface area is 120 Å². The summed E-state index contributed by atoms with van der Waals surface area (Å²) in [7, 11) is 0. The number of carboxylic acids is 1. The van der Waals surface area contributed by atoms with Crippen LogP contribution in [-0.4, -0.2) is 26.3 Å². The first kappa shape index (κ1) is 14.4. The molecule has 0 bridgehead atoms. The average Bonchev–Trinajstić information content (AvgIpc) is 2.93. The van der Waals surface area contributed by atoms with E-state index in [1.54, 1.807) is 20.0 Å². The van der Waals surface area contributed by atoms with E-state index in [4.69, 9.17) is 0 Å². The van der Waals surface area contributed by atoms with Gasteiger partial charge in [-0.25, -0.2) is 9.78 Å². The Kier molecular flexibility index (Phi) is 4.29. The first-order valence-electron chi connectivity index (χ1n) is 6.27. The minimum absolute atomic E-state index is 0.0653. The van der Waals surface area contributed by atoms with Gasteiger partial charge in [-0.15, -0.1) is 16.4 Å². The van der Waals surface area contributed by atoms with E-state index in [2.05, 4.69) is 20.5 Å². The predicted molar refractivity (Wildman–Crippen MR) is 77.2 cm³/mol. The minimum atomic E-state index is -1.00. The van der Waals surface area contributed by atoms with E-state index in [1.807, 2.05) is 12.3 Å². The van der Waals surface area contributed by atoms with E-state index in [0.717, 1.165) is 11.4 Å². The third-order valence-corrected chi connectivity index (χ3v) is 4.03. The van der Waals surface area contributed by atoms with Crippen molar-refractivity contribution in [3.05, 3.63) is 33.4 Å². The molecule has 0 aliphatic rings. The molecule has 0 fully saturated rings. The van der Waals surface area contributed by atoms with Gasteiger partial charge in [0.1, 0.15) is 10.6 Å². The summed E-state index contributed by atoms with van der Waals surface area (Å²) in [6.45, 7) is 5.49. The highest BCUT2D eigenvalue weighted by Crippen LogP contribution is 2.26. The van der Waals surface area contributed by atoms with Crippen molar-refractivity contribution in [3.8, 4) is 0 Å². The zero-order valence-electron chi connectivity index (χ0n) is 11.5. The number of carbonyl (C=O) groups is 1. The average molecular weight is 292 g/mol. The summed E-state index contributed by atoms with van der Waals surface area (Å²) in [5.74, 6) is -0.709. The fourth-order valence-electron chi connectivity index (χ4n) is 1.88. The van der Waals surface area contributed by atoms with Gasteiger partial charge in [0.2, 0.25) is 0 Å². The highest BCUT2D eigenvalue weighted by atomic mass is 32.1. The molecular formula is C13H16N4O2S. The lowest BCUT2D eigenvalue weighted by atomic mass is 10.1. The molecule has 0 spiro atoms. The first-order chi connectivity index (χ1) is 9.54. The Bertz CT molecular complexity index is 613. The quantitative estimate of drug-likeness (QED) is 0.881. The molecule has 0 aliphatic heterocycles. The summed E-state index contributed by atoms with van der Waals surface area (Å²) >= 11 is 1.53. The van der Waals surface area contributed by atoms with Crippen LogP contribution in [0.25, 0.3) is 0 Å². The fraction of sp³-hybridized carbons (Fsp3) is 0.385. The van der Waals surface area contributed by atoms with Gasteiger partial charge in [0.15, 0.2) is 5.82 Å². The lowest BCUT2D eigenvalue weighted by molar-refractivity contribution is 0.0696. The number of nitrogens with zero attached hydrogens (tertiary/aromatic N) is 3. The van der Waals surface area contributed by atoms with Gasteiger partial charge in [0, 0.05) is 11.6 Å². The van der Waals surface area contributed by atoms with E-state index in [-0.39, 0.29) is 11.6 Å². The molecule has 0 amide bonds. The summed E-state index contributed by atoms with van der Waals surface area (Å²) < 4.78 is 0. The third kappa shape index (κ3) is 2.77. The van der Waals surface area contributed by atoms with Crippen molar-refractivity contribution < 1.29 is 9.90 Å². The number of thiazole rings is 1. The van der Waals surface area contributed by atoms with Gasteiger partial charge >= 0.3 is 5.97 Å². The van der Waals surface area contributed by atoms with Crippen LogP contribution in [0, 0.1) is 13.8 Å². The standard InChI is InChI=1S/C13H16N4O2S/c1-4-9(12-14-5-6-20-12)15-11-10(13(18)19)7(2)8(3)16-17-11/h5-6,9H,4H2,1-3H3,(H,15,17)(H,18,19). The van der Waals surface area contributed by atoms with E-state index in [1.165, 1.54) is 11.3 Å². The lowest BCUT2D eigenvalue weighted by Crippen LogP contribution is -2.16. The topological polar surface area (TPSA) is 88.0 Å². The van der Waals surface area contributed by atoms with E-state index in [9.17, 15) is 9.90 Å². The molecule has 0 saturated heterocycles. The van der Waals surface area contributed by atoms with Crippen molar-refractivity contribution in [2.24, 2.45) is 0 Å². The van der Waals surface area contributed by atoms with Crippen molar-refractivity contribution in [1.29, 1.82) is 0 Å². The van der Waals surface area contributed by atoms with Gasteiger partial charge < -0.3 is 10.4 Å². The molecule has 0 aliphatic carbocycles. The molecular weight excluding hydrogens is 276 g/mol. The molecule has 2 rings (SSSR count). The number of hydrogen-bond acceptors (Lipinski definition) is 6. The number of anilines is 1. The largest absolute Gasteiger partial charge is 0.478 e. The molecule has 20 heavy (non-hydrogen) atoms. The Morgan fingerprint density at radius 2 is 2.20 bits per heavy atom. The van der Waals surface area contributed by atoms with Crippen LogP contribution in [0.4, 0.5) is 5.82 Å². The lowest BCUT2D eigenvalue weighted by Gasteiger charge is -2.17. The number of aromatic carboxylic acids is 1. The summed E-state index contributed by atoms with van der Waals surface area (Å²) in [5.41, 5.74) is 1.42. The molecule has 2 aromatic rings. The predicted octanol–water partition coefficient (Wildman–Crippen LogP) is 2.81. The zero-order chi connectivity index (χ0) is 14.7. The van der Waals surface area contributed by atoms with Crippen molar-refractivity contribution in [2.75, 3.05) is 5.32 Å². The fourth-order valence-corrected chi connectivity index (χ4v) is 2.65. The maximum Gasteiger partial charge on any atom is 0.339 e. The molecule has 2 N–H and O–H groups in total. The zero-order valence-corrected chi connectivity index (χ0v) is 12.4. The van der Waals surface area contributed by atoms with Crippen LogP contribution in [0.2, 0.25) is 0 Å². The van der Waals surface area contributed by atoms with E-state index in [0.29, 0.717) is 17.1 Å². The SMILES string of the molecule is CCC(Nc1nnc(C)c(C)c1C(=O)O)c1nccs1. The Morgan fingerprint density at radius 3 is 2.75 bits per heavy atom. The molecule has 2 heterocycles. The van der Waals surface area contributed by atoms with Gasteiger partial charge in [-0.2, -0.15) is 5.10 Å². The summed E-state index contributed by atoms with van der Waals surface area (Å²) in [4.78, 5) is 15.7. The number of carboxylic acid groups (broad SMARTS) is 1. The highest BCUT2D eigenvalue weighted by Gasteiger charge is 2.21. The molecule has 1 unspecified atom stereocenters.